The lowest BCUT2D eigenvalue weighted by atomic mass is 9.92. The SMILES string of the molecule is CC(C#CO)C(CC(=O)O)C(=O)O. The van der Waals surface area contributed by atoms with E-state index in [1.807, 2.05) is 0 Å². The monoisotopic (exact) mass is 186 g/mol. The molecule has 0 aromatic heterocycles. The summed E-state index contributed by atoms with van der Waals surface area (Å²) in [6.45, 7) is 1.45. The van der Waals surface area contributed by atoms with Gasteiger partial charge in [-0.15, -0.1) is 0 Å². The van der Waals surface area contributed by atoms with Crippen molar-refractivity contribution in [2.24, 2.45) is 11.8 Å². The van der Waals surface area contributed by atoms with Crippen molar-refractivity contribution in [3.8, 4) is 12.0 Å². The van der Waals surface area contributed by atoms with Crippen LogP contribution in [0.15, 0.2) is 0 Å². The fraction of sp³-hybridized carbons (Fsp3) is 0.500. The van der Waals surface area contributed by atoms with Crippen LogP contribution in [0.4, 0.5) is 0 Å². The Hall–Kier alpha value is -1.70. The summed E-state index contributed by atoms with van der Waals surface area (Å²) in [6, 6.07) is 0. The topological polar surface area (TPSA) is 94.8 Å². The molecule has 0 saturated heterocycles. The average Bonchev–Trinajstić information content (AvgIpc) is 1.99. The third-order valence-electron chi connectivity index (χ3n) is 1.61. The number of aliphatic carboxylic acids is 2. The third-order valence-corrected chi connectivity index (χ3v) is 1.61. The molecule has 0 fully saturated rings. The molecule has 0 radical (unpaired) electrons. The zero-order chi connectivity index (χ0) is 10.4. The summed E-state index contributed by atoms with van der Waals surface area (Å²) in [5.41, 5.74) is 0. The van der Waals surface area contributed by atoms with E-state index in [-0.39, 0.29) is 0 Å². The number of carboxylic acids is 2. The van der Waals surface area contributed by atoms with Gasteiger partial charge in [0.1, 0.15) is 6.11 Å². The molecule has 13 heavy (non-hydrogen) atoms. The second-order valence-corrected chi connectivity index (χ2v) is 2.59. The Morgan fingerprint density at radius 1 is 1.38 bits per heavy atom. The molecule has 0 heterocycles. The van der Waals surface area contributed by atoms with Crippen molar-refractivity contribution in [1.82, 2.24) is 0 Å². The van der Waals surface area contributed by atoms with Crippen molar-refractivity contribution < 1.29 is 24.9 Å². The Balaban J connectivity index is 4.47. The number of carbonyl (C=O) groups is 2. The lowest BCUT2D eigenvalue weighted by molar-refractivity contribution is -0.149. The first-order chi connectivity index (χ1) is 5.99. The molecule has 72 valence electrons. The number of hydrogen-bond acceptors (Lipinski definition) is 3. The normalized spacial score (nSPS) is 13.6. The van der Waals surface area contributed by atoms with Gasteiger partial charge in [0.15, 0.2) is 0 Å². The molecule has 5 heteroatoms. The number of hydrogen-bond donors (Lipinski definition) is 3. The van der Waals surface area contributed by atoms with Crippen LogP contribution in [0.1, 0.15) is 13.3 Å². The zero-order valence-electron chi connectivity index (χ0n) is 7.02. The third kappa shape index (κ3) is 4.01. The van der Waals surface area contributed by atoms with Crippen LogP contribution in [0.25, 0.3) is 0 Å². The van der Waals surface area contributed by atoms with Crippen molar-refractivity contribution in [3.63, 3.8) is 0 Å². The fourth-order valence-corrected chi connectivity index (χ4v) is 0.868. The van der Waals surface area contributed by atoms with Gasteiger partial charge in [-0.2, -0.15) is 0 Å². The molecule has 0 bridgehead atoms. The summed E-state index contributed by atoms with van der Waals surface area (Å²) in [7, 11) is 0. The van der Waals surface area contributed by atoms with Crippen molar-refractivity contribution in [1.29, 1.82) is 0 Å². The van der Waals surface area contributed by atoms with Gasteiger partial charge in [-0.05, 0) is 0 Å². The Labute approximate surface area is 75.0 Å². The zero-order valence-corrected chi connectivity index (χ0v) is 7.02. The summed E-state index contributed by atoms with van der Waals surface area (Å²) in [4.78, 5) is 20.8. The highest BCUT2D eigenvalue weighted by Crippen LogP contribution is 2.15. The lowest BCUT2D eigenvalue weighted by Crippen LogP contribution is -2.23. The Morgan fingerprint density at radius 2 is 1.92 bits per heavy atom. The number of carboxylic acid groups (broad SMARTS) is 2. The van der Waals surface area contributed by atoms with E-state index in [1.54, 1.807) is 6.11 Å². The fourth-order valence-electron chi connectivity index (χ4n) is 0.868. The second kappa shape index (κ2) is 5.04. The minimum atomic E-state index is -1.22. The molecular weight excluding hydrogens is 176 g/mol. The maximum atomic E-state index is 10.5. The maximum Gasteiger partial charge on any atom is 0.308 e. The molecule has 0 aliphatic heterocycles. The molecule has 0 aromatic rings. The Bertz CT molecular complexity index is 259. The predicted octanol–water partition coefficient (Wildman–Crippen LogP) is 0.131. The van der Waals surface area contributed by atoms with E-state index >= 15 is 0 Å². The van der Waals surface area contributed by atoms with E-state index in [0.717, 1.165) is 0 Å². The van der Waals surface area contributed by atoms with Gasteiger partial charge in [-0.25, -0.2) is 0 Å². The van der Waals surface area contributed by atoms with Crippen molar-refractivity contribution >= 4 is 11.9 Å². The van der Waals surface area contributed by atoms with Gasteiger partial charge in [0, 0.05) is 5.92 Å². The molecular formula is C8H10O5. The number of aliphatic hydroxyl groups is 1. The van der Waals surface area contributed by atoms with Gasteiger partial charge in [0.2, 0.25) is 0 Å². The molecule has 2 atom stereocenters. The molecule has 3 N–H and O–H groups in total. The largest absolute Gasteiger partial charge is 0.481 e. The van der Waals surface area contributed by atoms with Gasteiger partial charge in [-0.1, -0.05) is 12.8 Å². The van der Waals surface area contributed by atoms with Crippen LogP contribution in [0.3, 0.4) is 0 Å². The molecule has 0 amide bonds. The van der Waals surface area contributed by atoms with E-state index in [1.165, 1.54) is 6.92 Å². The summed E-state index contributed by atoms with van der Waals surface area (Å²) in [6.07, 6.45) is 1.07. The second-order valence-electron chi connectivity index (χ2n) is 2.59. The summed E-state index contributed by atoms with van der Waals surface area (Å²) in [5, 5.41) is 25.2. The highest BCUT2D eigenvalue weighted by atomic mass is 16.4. The number of rotatable bonds is 4. The smallest absolute Gasteiger partial charge is 0.308 e. The van der Waals surface area contributed by atoms with Gasteiger partial charge in [0.05, 0.1) is 12.3 Å². The van der Waals surface area contributed by atoms with Crippen LogP contribution in [-0.2, 0) is 9.59 Å². The highest BCUT2D eigenvalue weighted by molar-refractivity contribution is 5.78. The van der Waals surface area contributed by atoms with Gasteiger partial charge < -0.3 is 15.3 Å². The Kier molecular flexibility index (Phi) is 4.38. The predicted molar refractivity (Wildman–Crippen MR) is 42.3 cm³/mol. The molecule has 0 spiro atoms. The van der Waals surface area contributed by atoms with E-state index < -0.39 is 30.2 Å². The first-order valence-corrected chi connectivity index (χ1v) is 3.58. The minimum absolute atomic E-state index is 0.495. The summed E-state index contributed by atoms with van der Waals surface area (Å²) >= 11 is 0. The Morgan fingerprint density at radius 3 is 2.23 bits per heavy atom. The molecule has 2 unspecified atom stereocenters. The van der Waals surface area contributed by atoms with Crippen LogP contribution in [0, 0.1) is 23.9 Å². The van der Waals surface area contributed by atoms with Crippen LogP contribution in [0.2, 0.25) is 0 Å². The van der Waals surface area contributed by atoms with Gasteiger partial charge in [-0.3, -0.25) is 9.59 Å². The van der Waals surface area contributed by atoms with E-state index in [9.17, 15) is 9.59 Å². The molecule has 0 aliphatic rings. The molecule has 0 aliphatic carbocycles. The maximum absolute atomic E-state index is 10.5. The summed E-state index contributed by atoms with van der Waals surface area (Å²) < 4.78 is 0. The molecule has 0 rings (SSSR count). The van der Waals surface area contributed by atoms with Crippen LogP contribution in [0.5, 0.6) is 0 Å². The van der Waals surface area contributed by atoms with Crippen LogP contribution >= 0.6 is 0 Å². The van der Waals surface area contributed by atoms with Gasteiger partial charge in [0.25, 0.3) is 0 Å². The summed E-state index contributed by atoms with van der Waals surface area (Å²) in [5.74, 6) is -1.99. The molecule has 0 saturated carbocycles. The van der Waals surface area contributed by atoms with E-state index in [2.05, 4.69) is 5.92 Å². The lowest BCUT2D eigenvalue weighted by Gasteiger charge is -2.11. The molecule has 5 nitrogen and oxygen atoms in total. The average molecular weight is 186 g/mol. The quantitative estimate of drug-likeness (QED) is 0.542. The van der Waals surface area contributed by atoms with E-state index in [4.69, 9.17) is 15.3 Å². The van der Waals surface area contributed by atoms with Crippen LogP contribution in [-0.4, -0.2) is 27.3 Å². The minimum Gasteiger partial charge on any atom is -0.481 e. The first-order valence-electron chi connectivity index (χ1n) is 3.58. The van der Waals surface area contributed by atoms with Crippen molar-refractivity contribution in [2.45, 2.75) is 13.3 Å². The standard InChI is InChI=1S/C8H10O5/c1-5(2-3-9)6(8(12)13)4-7(10)11/h5-6,9H,4H2,1H3,(H,10,11)(H,12,13). The first kappa shape index (κ1) is 11.3. The highest BCUT2D eigenvalue weighted by Gasteiger charge is 2.26. The van der Waals surface area contributed by atoms with Crippen LogP contribution < -0.4 is 0 Å². The van der Waals surface area contributed by atoms with Crippen molar-refractivity contribution in [3.05, 3.63) is 0 Å². The van der Waals surface area contributed by atoms with Crippen molar-refractivity contribution in [2.75, 3.05) is 0 Å². The number of aliphatic hydroxyl groups excluding tert-OH is 1. The molecule has 0 aromatic carbocycles. The van der Waals surface area contributed by atoms with E-state index in [0.29, 0.717) is 0 Å². The van der Waals surface area contributed by atoms with Gasteiger partial charge >= 0.3 is 11.9 Å².